The van der Waals surface area contributed by atoms with Crippen molar-refractivity contribution in [1.82, 2.24) is 9.80 Å². The molecule has 172 valence electrons. The molecule has 0 atom stereocenters. The van der Waals surface area contributed by atoms with E-state index in [0.717, 1.165) is 55.9 Å². The van der Waals surface area contributed by atoms with E-state index in [9.17, 15) is 23.3 Å². The topological polar surface area (TPSA) is 68.1 Å². The van der Waals surface area contributed by atoms with Gasteiger partial charge in [0.25, 0.3) is 5.69 Å². The summed E-state index contributed by atoms with van der Waals surface area (Å²) in [7, 11) is 0. The predicted octanol–water partition coefficient (Wildman–Crippen LogP) is 4.19. The molecule has 2 heterocycles. The van der Waals surface area contributed by atoms with Crippen molar-refractivity contribution in [3.05, 3.63) is 68.8 Å². The van der Waals surface area contributed by atoms with Crippen LogP contribution in [0, 0.1) is 10.1 Å². The van der Waals surface area contributed by atoms with E-state index in [1.165, 1.54) is 18.2 Å². The fraction of sp³-hybridized carbons (Fsp3) is 0.455. The summed E-state index contributed by atoms with van der Waals surface area (Å²) in [5.41, 5.74) is 1.67. The van der Waals surface area contributed by atoms with Crippen molar-refractivity contribution in [3.63, 3.8) is 0 Å². The molecule has 2 aromatic carbocycles. The van der Waals surface area contributed by atoms with Gasteiger partial charge in [0.2, 0.25) is 0 Å². The number of non-ortho nitro benzene ring substituents is 1. The number of alkyl halides is 3. The summed E-state index contributed by atoms with van der Waals surface area (Å²) in [5, 5.41) is 11.3. The second kappa shape index (κ2) is 9.43. The minimum absolute atomic E-state index is 0.0200. The molecule has 7 nitrogen and oxygen atoms in total. The van der Waals surface area contributed by atoms with Gasteiger partial charge < -0.3 is 9.47 Å². The Hall–Kier alpha value is -2.69. The van der Waals surface area contributed by atoms with Gasteiger partial charge in [0.1, 0.15) is 5.75 Å². The summed E-state index contributed by atoms with van der Waals surface area (Å²) < 4.78 is 49.2. The normalized spacial score (nSPS) is 18.0. The van der Waals surface area contributed by atoms with Gasteiger partial charge in [-0.2, -0.15) is 13.2 Å². The summed E-state index contributed by atoms with van der Waals surface area (Å²) in [6, 6.07) is 8.35. The number of halogens is 3. The summed E-state index contributed by atoms with van der Waals surface area (Å²) in [5.74, 6) is 0.660. The number of nitrogens with zero attached hydrogens (tertiary/aromatic N) is 3. The van der Waals surface area contributed by atoms with Gasteiger partial charge in [-0.15, -0.1) is 0 Å². The molecule has 0 spiro atoms. The minimum atomic E-state index is -4.33. The Morgan fingerprint density at radius 1 is 1.00 bits per heavy atom. The highest BCUT2D eigenvalue weighted by Gasteiger charge is 2.30. The molecule has 32 heavy (non-hydrogen) atoms. The molecule has 1 fully saturated rings. The maximum absolute atomic E-state index is 12.8. The monoisotopic (exact) mass is 451 g/mol. The first-order valence-corrected chi connectivity index (χ1v) is 10.4. The van der Waals surface area contributed by atoms with Crippen LogP contribution in [0.4, 0.5) is 18.9 Å². The van der Waals surface area contributed by atoms with Crippen LogP contribution in [0.3, 0.4) is 0 Å². The molecule has 2 aromatic rings. The molecule has 0 N–H and O–H groups in total. The lowest BCUT2D eigenvalue weighted by molar-refractivity contribution is -0.385. The average molecular weight is 451 g/mol. The van der Waals surface area contributed by atoms with Gasteiger partial charge in [-0.05, 0) is 37.2 Å². The molecule has 0 saturated carbocycles. The van der Waals surface area contributed by atoms with E-state index in [4.69, 9.17) is 9.47 Å². The number of hydrogen-bond acceptors (Lipinski definition) is 6. The Labute approximate surface area is 183 Å². The van der Waals surface area contributed by atoms with E-state index in [0.29, 0.717) is 24.4 Å². The van der Waals surface area contributed by atoms with E-state index < -0.39 is 16.7 Å². The van der Waals surface area contributed by atoms with Gasteiger partial charge in [0.15, 0.2) is 6.79 Å². The number of ether oxygens (including phenoxy) is 2. The van der Waals surface area contributed by atoms with E-state index in [-0.39, 0.29) is 19.1 Å². The lowest BCUT2D eigenvalue weighted by Gasteiger charge is -2.25. The first-order chi connectivity index (χ1) is 15.3. The smallest absolute Gasteiger partial charge is 0.416 e. The fourth-order valence-corrected chi connectivity index (χ4v) is 4.14. The maximum atomic E-state index is 12.8. The van der Waals surface area contributed by atoms with Crippen molar-refractivity contribution in [1.29, 1.82) is 0 Å². The first-order valence-electron chi connectivity index (χ1n) is 10.4. The van der Waals surface area contributed by atoms with Crippen LogP contribution in [-0.4, -0.2) is 47.7 Å². The lowest BCUT2D eigenvalue weighted by atomic mass is 10.1. The number of benzene rings is 2. The first kappa shape index (κ1) is 22.5. The Kier molecular flexibility index (Phi) is 6.63. The number of fused-ring (bicyclic) bond motifs is 1. The second-order valence-corrected chi connectivity index (χ2v) is 8.06. The molecule has 0 unspecified atom stereocenters. The third-order valence-corrected chi connectivity index (χ3v) is 5.75. The molecule has 0 amide bonds. The molecular weight excluding hydrogens is 427 g/mol. The van der Waals surface area contributed by atoms with Crippen LogP contribution in [0.15, 0.2) is 36.4 Å². The Morgan fingerprint density at radius 3 is 2.34 bits per heavy atom. The summed E-state index contributed by atoms with van der Waals surface area (Å²) >= 11 is 0. The van der Waals surface area contributed by atoms with Crippen LogP contribution >= 0.6 is 0 Å². The molecule has 2 aliphatic heterocycles. The standard InChI is InChI=1S/C22H24F3N3O4/c23-22(24,25)19-4-2-16(3-5-19)12-26-6-1-7-27(9-8-26)13-17-10-20(28(29)30)11-18-14-31-15-32-21(17)18/h2-5,10-11H,1,6-9,12-15H2. The molecule has 10 heteroatoms. The highest BCUT2D eigenvalue weighted by atomic mass is 19.4. The van der Waals surface area contributed by atoms with Crippen LogP contribution in [0.2, 0.25) is 0 Å². The van der Waals surface area contributed by atoms with E-state index in [2.05, 4.69) is 9.80 Å². The molecule has 0 aromatic heterocycles. The van der Waals surface area contributed by atoms with Crippen molar-refractivity contribution >= 4 is 5.69 Å². The van der Waals surface area contributed by atoms with Crippen LogP contribution in [0.1, 0.15) is 28.7 Å². The minimum Gasteiger partial charge on any atom is -0.467 e. The largest absolute Gasteiger partial charge is 0.467 e. The van der Waals surface area contributed by atoms with Crippen LogP contribution in [0.5, 0.6) is 5.75 Å². The molecule has 0 aliphatic carbocycles. The van der Waals surface area contributed by atoms with Gasteiger partial charge in [-0.1, -0.05) is 12.1 Å². The van der Waals surface area contributed by atoms with Gasteiger partial charge in [-0.25, -0.2) is 0 Å². The molecule has 2 aliphatic rings. The highest BCUT2D eigenvalue weighted by Crippen LogP contribution is 2.34. The third kappa shape index (κ3) is 5.37. The summed E-state index contributed by atoms with van der Waals surface area (Å²) in [4.78, 5) is 15.4. The number of nitro benzene ring substituents is 1. The van der Waals surface area contributed by atoms with Gasteiger partial charge >= 0.3 is 6.18 Å². The predicted molar refractivity (Wildman–Crippen MR) is 110 cm³/mol. The van der Waals surface area contributed by atoms with Gasteiger partial charge in [0.05, 0.1) is 17.1 Å². The van der Waals surface area contributed by atoms with Crippen molar-refractivity contribution in [3.8, 4) is 5.75 Å². The lowest BCUT2D eigenvalue weighted by Crippen LogP contribution is -2.30. The number of rotatable bonds is 5. The molecular formula is C22H24F3N3O4. The van der Waals surface area contributed by atoms with Crippen molar-refractivity contribution in [2.75, 3.05) is 33.0 Å². The second-order valence-electron chi connectivity index (χ2n) is 8.06. The highest BCUT2D eigenvalue weighted by molar-refractivity contribution is 5.50. The zero-order valence-electron chi connectivity index (χ0n) is 17.4. The quantitative estimate of drug-likeness (QED) is 0.502. The third-order valence-electron chi connectivity index (χ3n) is 5.75. The van der Waals surface area contributed by atoms with Gasteiger partial charge in [0, 0.05) is 49.4 Å². The zero-order valence-corrected chi connectivity index (χ0v) is 17.4. The molecule has 0 radical (unpaired) electrons. The van der Waals surface area contributed by atoms with Crippen LogP contribution in [-0.2, 0) is 30.6 Å². The number of hydrogen-bond donors (Lipinski definition) is 0. The molecule has 0 bridgehead atoms. The Balaban J connectivity index is 1.40. The van der Waals surface area contributed by atoms with E-state index >= 15 is 0 Å². The fourth-order valence-electron chi connectivity index (χ4n) is 4.14. The van der Waals surface area contributed by atoms with Gasteiger partial charge in [-0.3, -0.25) is 19.9 Å². The summed E-state index contributed by atoms with van der Waals surface area (Å²) in [6.07, 6.45) is -3.44. The maximum Gasteiger partial charge on any atom is 0.416 e. The van der Waals surface area contributed by atoms with Crippen LogP contribution < -0.4 is 4.74 Å². The molecule has 1 saturated heterocycles. The zero-order chi connectivity index (χ0) is 22.7. The number of nitro groups is 1. The van der Waals surface area contributed by atoms with Crippen molar-refractivity contribution in [2.45, 2.75) is 32.3 Å². The Morgan fingerprint density at radius 2 is 1.69 bits per heavy atom. The SMILES string of the molecule is O=[N+]([O-])c1cc2c(c(CN3CCCN(Cc4ccc(C(F)(F)F)cc4)CC3)c1)OCOC2. The van der Waals surface area contributed by atoms with Crippen LogP contribution in [0.25, 0.3) is 0 Å². The van der Waals surface area contributed by atoms with Crippen molar-refractivity contribution < 1.29 is 27.6 Å². The Bertz CT molecular complexity index is 966. The van der Waals surface area contributed by atoms with E-state index in [1.54, 1.807) is 6.07 Å². The molecule has 4 rings (SSSR count). The average Bonchev–Trinajstić information content (AvgIpc) is 2.98. The van der Waals surface area contributed by atoms with E-state index in [1.807, 2.05) is 0 Å². The van der Waals surface area contributed by atoms with Crippen molar-refractivity contribution in [2.24, 2.45) is 0 Å². The summed E-state index contributed by atoms with van der Waals surface area (Å²) in [6.45, 7) is 4.66.